The highest BCUT2D eigenvalue weighted by molar-refractivity contribution is 5.88. The van der Waals surface area contributed by atoms with Gasteiger partial charge in [-0.15, -0.1) is 0 Å². The second kappa shape index (κ2) is 13.1. The molecule has 2 aromatic heterocycles. The first kappa shape index (κ1) is 29.8. The van der Waals surface area contributed by atoms with Crippen LogP contribution in [0.5, 0.6) is 5.75 Å². The highest BCUT2D eigenvalue weighted by Gasteiger charge is 2.38. The van der Waals surface area contributed by atoms with E-state index in [-0.39, 0.29) is 17.2 Å². The third-order valence-corrected chi connectivity index (χ3v) is 8.29. The van der Waals surface area contributed by atoms with Crippen LogP contribution in [0, 0.1) is 0 Å². The Morgan fingerprint density at radius 2 is 1.74 bits per heavy atom. The summed E-state index contributed by atoms with van der Waals surface area (Å²) in [5, 5.41) is 1.01. The predicted molar refractivity (Wildman–Crippen MR) is 158 cm³/mol. The number of aromatic nitrogens is 1. The van der Waals surface area contributed by atoms with Crippen molar-refractivity contribution in [3.63, 3.8) is 0 Å². The smallest absolute Gasteiger partial charge is 0.417 e. The number of rotatable bonds is 12. The predicted octanol–water partition coefficient (Wildman–Crippen LogP) is 9.46. The number of ether oxygens (including phenoxy) is 1. The first-order valence-corrected chi connectivity index (χ1v) is 15.1. The minimum Gasteiger partial charge on any atom is -0.497 e. The number of unbranched alkanes of at least 4 members (excludes halogenated alkanes) is 7. The van der Waals surface area contributed by atoms with Crippen LogP contribution < -0.4 is 4.74 Å². The Labute approximate surface area is 245 Å². The lowest BCUT2D eigenvalue weighted by Gasteiger charge is -2.35. The number of methoxy groups -OCH3 is 1. The molecule has 1 aliphatic rings. The standard InChI is InChI=1S/C34H39F3N2O3/c1-3-4-5-6-7-8-9-10-15-31(40)39-21-20-24-26-22-23(41-2)16-17-28(26)38-32(24)33(39)30-19-18-29(42-30)25-13-11-12-14-27(25)34(35,36)37/h11-14,16-19,22,33,38H,3-10,15,20-21H2,1-2H3/t33-/m1/s1. The van der Waals surface area contributed by atoms with Gasteiger partial charge in [0.2, 0.25) is 5.91 Å². The zero-order valence-electron chi connectivity index (χ0n) is 24.4. The molecule has 0 fully saturated rings. The summed E-state index contributed by atoms with van der Waals surface area (Å²) in [6.07, 6.45) is 5.70. The number of benzene rings is 2. The van der Waals surface area contributed by atoms with E-state index in [9.17, 15) is 18.0 Å². The average Bonchev–Trinajstić information content (AvgIpc) is 3.62. The highest BCUT2D eigenvalue weighted by Crippen LogP contribution is 2.43. The number of hydrogen-bond donors (Lipinski definition) is 1. The summed E-state index contributed by atoms with van der Waals surface area (Å²) in [4.78, 5) is 19.0. The summed E-state index contributed by atoms with van der Waals surface area (Å²) in [7, 11) is 1.62. The van der Waals surface area contributed by atoms with Crippen LogP contribution in [0.2, 0.25) is 0 Å². The van der Waals surface area contributed by atoms with Crippen LogP contribution in [-0.2, 0) is 17.4 Å². The molecule has 5 nitrogen and oxygen atoms in total. The number of nitrogens with zero attached hydrogens (tertiary/aromatic N) is 1. The van der Waals surface area contributed by atoms with Gasteiger partial charge in [0.15, 0.2) is 0 Å². The Bertz CT molecular complexity index is 1500. The molecule has 0 radical (unpaired) electrons. The Hall–Kier alpha value is -3.68. The van der Waals surface area contributed by atoms with Crippen molar-refractivity contribution in [1.29, 1.82) is 0 Å². The van der Waals surface area contributed by atoms with Gasteiger partial charge in [0.25, 0.3) is 0 Å². The summed E-state index contributed by atoms with van der Waals surface area (Å²) in [6, 6.07) is 13.9. The van der Waals surface area contributed by atoms with Gasteiger partial charge in [-0.2, -0.15) is 13.2 Å². The number of aromatic amines is 1. The molecule has 0 aliphatic carbocycles. The van der Waals surface area contributed by atoms with Crippen molar-refractivity contribution in [3.05, 3.63) is 77.2 Å². The third-order valence-electron chi connectivity index (χ3n) is 8.29. The van der Waals surface area contributed by atoms with Crippen LogP contribution in [0.1, 0.15) is 93.3 Å². The Morgan fingerprint density at radius 1 is 1.00 bits per heavy atom. The molecule has 1 amide bonds. The van der Waals surface area contributed by atoms with Crippen molar-refractivity contribution in [1.82, 2.24) is 9.88 Å². The van der Waals surface area contributed by atoms with Gasteiger partial charge >= 0.3 is 6.18 Å². The van der Waals surface area contributed by atoms with Gasteiger partial charge in [0.05, 0.1) is 18.4 Å². The lowest BCUT2D eigenvalue weighted by atomic mass is 9.95. The summed E-state index contributed by atoms with van der Waals surface area (Å²) < 4.78 is 53.0. The molecule has 0 saturated heterocycles. The second-order valence-electron chi connectivity index (χ2n) is 11.1. The van der Waals surface area contributed by atoms with Crippen LogP contribution in [-0.4, -0.2) is 29.4 Å². The molecule has 1 aliphatic heterocycles. The van der Waals surface area contributed by atoms with Crippen molar-refractivity contribution in [3.8, 4) is 17.1 Å². The fourth-order valence-electron chi connectivity index (χ4n) is 6.10. The number of furan rings is 1. The molecule has 42 heavy (non-hydrogen) atoms. The molecule has 8 heteroatoms. The molecular formula is C34H39F3N2O3. The van der Waals surface area contributed by atoms with E-state index < -0.39 is 17.8 Å². The number of hydrogen-bond acceptors (Lipinski definition) is 3. The summed E-state index contributed by atoms with van der Waals surface area (Å²) >= 11 is 0. The molecule has 0 bridgehead atoms. The number of nitrogens with one attached hydrogen (secondary N) is 1. The zero-order valence-corrected chi connectivity index (χ0v) is 24.4. The number of halogens is 3. The maximum atomic E-state index is 13.8. The monoisotopic (exact) mass is 580 g/mol. The van der Waals surface area contributed by atoms with Gasteiger partial charge < -0.3 is 19.0 Å². The van der Waals surface area contributed by atoms with Crippen molar-refractivity contribution < 1.29 is 27.1 Å². The van der Waals surface area contributed by atoms with Crippen molar-refractivity contribution in [2.45, 2.75) is 83.4 Å². The Balaban J connectivity index is 1.43. The van der Waals surface area contributed by atoms with Crippen LogP contribution in [0.15, 0.2) is 59.0 Å². The summed E-state index contributed by atoms with van der Waals surface area (Å²) in [5.74, 6) is 1.32. The molecule has 2 aromatic carbocycles. The van der Waals surface area contributed by atoms with Crippen molar-refractivity contribution in [2.24, 2.45) is 0 Å². The molecule has 224 valence electrons. The first-order chi connectivity index (χ1) is 20.3. The molecular weight excluding hydrogens is 541 g/mol. The van der Waals surface area contributed by atoms with Crippen molar-refractivity contribution in [2.75, 3.05) is 13.7 Å². The minimum absolute atomic E-state index is 0.0227. The molecule has 3 heterocycles. The normalized spacial score (nSPS) is 15.3. The van der Waals surface area contributed by atoms with E-state index in [2.05, 4.69) is 11.9 Å². The van der Waals surface area contributed by atoms with Crippen LogP contribution in [0.3, 0.4) is 0 Å². The lowest BCUT2D eigenvalue weighted by molar-refractivity contribution is -0.137. The fraction of sp³-hybridized carbons (Fsp3) is 0.441. The van der Waals surface area contributed by atoms with Gasteiger partial charge in [0.1, 0.15) is 23.3 Å². The molecule has 0 saturated carbocycles. The zero-order chi connectivity index (χ0) is 29.7. The van der Waals surface area contributed by atoms with Gasteiger partial charge in [-0.05, 0) is 54.8 Å². The number of fused-ring (bicyclic) bond motifs is 3. The molecule has 1 N–H and O–H groups in total. The van der Waals surface area contributed by atoms with Gasteiger partial charge in [-0.25, -0.2) is 0 Å². The van der Waals surface area contributed by atoms with Crippen molar-refractivity contribution >= 4 is 16.8 Å². The van der Waals surface area contributed by atoms with E-state index in [0.717, 1.165) is 53.2 Å². The van der Waals surface area contributed by atoms with Gasteiger partial charge in [-0.1, -0.05) is 70.1 Å². The van der Waals surface area contributed by atoms with E-state index >= 15 is 0 Å². The largest absolute Gasteiger partial charge is 0.497 e. The number of carbonyl (C=O) groups is 1. The maximum Gasteiger partial charge on any atom is 0.417 e. The van der Waals surface area contributed by atoms with Gasteiger partial charge in [-0.3, -0.25) is 4.79 Å². The highest BCUT2D eigenvalue weighted by atomic mass is 19.4. The van der Waals surface area contributed by atoms with Gasteiger partial charge in [0, 0.05) is 29.4 Å². The fourth-order valence-corrected chi connectivity index (χ4v) is 6.10. The number of alkyl halides is 3. The molecule has 1 atom stereocenters. The maximum absolute atomic E-state index is 13.8. The number of amides is 1. The van der Waals surface area contributed by atoms with Crippen LogP contribution >= 0.6 is 0 Å². The third kappa shape index (κ3) is 6.37. The minimum atomic E-state index is -4.52. The SMILES string of the molecule is CCCCCCCCCCC(=O)N1CCc2c([nH]c3ccc(OC)cc23)[C@H]1c1ccc(-c2ccccc2C(F)(F)F)o1. The Kier molecular flexibility index (Phi) is 9.29. The van der Waals surface area contributed by atoms with E-state index in [0.29, 0.717) is 25.1 Å². The lowest BCUT2D eigenvalue weighted by Crippen LogP contribution is -2.40. The number of H-pyrrole nitrogens is 1. The molecule has 0 spiro atoms. The Morgan fingerprint density at radius 3 is 2.48 bits per heavy atom. The van der Waals surface area contributed by atoms with E-state index in [1.54, 1.807) is 25.3 Å². The van der Waals surface area contributed by atoms with E-state index in [1.807, 2.05) is 23.1 Å². The average molecular weight is 581 g/mol. The molecule has 0 unspecified atom stereocenters. The number of carbonyl (C=O) groups excluding carboxylic acids is 1. The molecule has 4 aromatic rings. The topological polar surface area (TPSA) is 58.5 Å². The summed E-state index contributed by atoms with van der Waals surface area (Å²) in [5.41, 5.74) is 2.04. The quantitative estimate of drug-likeness (QED) is 0.170. The second-order valence-corrected chi connectivity index (χ2v) is 11.1. The van der Waals surface area contributed by atoms with E-state index in [1.165, 1.54) is 44.2 Å². The molecule has 5 rings (SSSR count). The van der Waals surface area contributed by atoms with Crippen LogP contribution in [0.25, 0.3) is 22.2 Å². The summed E-state index contributed by atoms with van der Waals surface area (Å²) in [6.45, 7) is 2.70. The van der Waals surface area contributed by atoms with Crippen LogP contribution in [0.4, 0.5) is 13.2 Å². The van der Waals surface area contributed by atoms with E-state index in [4.69, 9.17) is 9.15 Å². The first-order valence-electron chi connectivity index (χ1n) is 15.1.